The van der Waals surface area contributed by atoms with Gasteiger partial charge in [0.05, 0.1) is 29.2 Å². The maximum absolute atomic E-state index is 4.80. The maximum Gasteiger partial charge on any atom is 0.115 e. The van der Waals surface area contributed by atoms with E-state index in [0.717, 1.165) is 5.69 Å². The Morgan fingerprint density at radius 2 is 1.45 bits per heavy atom. The van der Waals surface area contributed by atoms with Crippen LogP contribution in [0.4, 0.5) is 0 Å². The summed E-state index contributed by atoms with van der Waals surface area (Å²) >= 11 is 0. The number of aromatic nitrogens is 1. The van der Waals surface area contributed by atoms with Crippen LogP contribution in [0, 0.1) is 0 Å². The van der Waals surface area contributed by atoms with Gasteiger partial charge in [0.15, 0.2) is 0 Å². The topological polar surface area (TPSA) is 12.9 Å². The van der Waals surface area contributed by atoms with E-state index in [1.54, 1.807) is 0 Å². The summed E-state index contributed by atoms with van der Waals surface area (Å²) in [5, 5.41) is 0.392. The number of rotatable bonds is 4. The van der Waals surface area contributed by atoms with Crippen LogP contribution in [0.5, 0.6) is 0 Å². The lowest BCUT2D eigenvalue weighted by molar-refractivity contribution is 0.398. The molecule has 0 aliphatic heterocycles. The number of hydrogen-bond donors (Lipinski definition) is 0. The Balaban J connectivity index is 1.76. The van der Waals surface area contributed by atoms with Crippen LogP contribution in [0.2, 0.25) is 0 Å². The molecule has 1 aliphatic carbocycles. The molecule has 1 aromatic heterocycles. The van der Waals surface area contributed by atoms with E-state index in [9.17, 15) is 0 Å². The second-order valence-corrected chi connectivity index (χ2v) is 9.93. The molecule has 29 heavy (non-hydrogen) atoms. The molecule has 0 spiro atoms. The van der Waals surface area contributed by atoms with Gasteiger partial charge in [-0.1, -0.05) is 91.8 Å². The predicted molar refractivity (Wildman–Crippen MR) is 136 cm³/mol. The third kappa shape index (κ3) is 4.25. The molecule has 0 N–H and O–H groups in total. The van der Waals surface area contributed by atoms with Crippen molar-refractivity contribution in [3.63, 3.8) is 0 Å². The van der Waals surface area contributed by atoms with Crippen molar-refractivity contribution in [3.8, 4) is 22.4 Å². The first-order valence-electron chi connectivity index (χ1n) is 11.0. The summed E-state index contributed by atoms with van der Waals surface area (Å²) < 4.78 is 0. The first-order valence-corrected chi connectivity index (χ1v) is 11.0. The average Bonchev–Trinajstić information content (AvgIpc) is 2.74. The van der Waals surface area contributed by atoms with Gasteiger partial charge < -0.3 is 0 Å². The quantitative estimate of drug-likeness (QED) is 0.638. The van der Waals surface area contributed by atoms with Crippen LogP contribution in [0.1, 0.15) is 43.2 Å². The van der Waals surface area contributed by atoms with E-state index < -0.39 is 0 Å². The summed E-state index contributed by atoms with van der Waals surface area (Å²) in [6.07, 6.45) is 8.81. The van der Waals surface area contributed by atoms with Crippen molar-refractivity contribution in [3.05, 3.63) is 78.0 Å². The van der Waals surface area contributed by atoms with E-state index in [-0.39, 0.29) is 5.11 Å². The summed E-state index contributed by atoms with van der Waals surface area (Å²) in [5.74, 6) is 0. The zero-order chi connectivity index (χ0) is 20.5. The van der Waals surface area contributed by atoms with Crippen LogP contribution >= 0.6 is 0 Å². The third-order valence-corrected chi connectivity index (χ3v) is 6.63. The van der Waals surface area contributed by atoms with Crippen molar-refractivity contribution >= 4 is 31.4 Å². The van der Waals surface area contributed by atoms with E-state index in [1.807, 2.05) is 0 Å². The highest BCUT2D eigenvalue weighted by atomic mass is 14.7. The fraction of sp³-hybridized carbons (Fsp3) is 0.292. The highest BCUT2D eigenvalue weighted by molar-refractivity contribution is 6.59. The van der Waals surface area contributed by atoms with Crippen molar-refractivity contribution < 1.29 is 0 Å². The van der Waals surface area contributed by atoms with E-state index in [1.165, 1.54) is 59.9 Å². The maximum atomic E-state index is 4.80. The molecule has 0 radical (unpaired) electrons. The van der Waals surface area contributed by atoms with Gasteiger partial charge >= 0.3 is 0 Å². The van der Waals surface area contributed by atoms with Crippen molar-refractivity contribution in [1.82, 2.24) is 4.98 Å². The Morgan fingerprint density at radius 3 is 2.07 bits per heavy atom. The zero-order valence-electron chi connectivity index (χ0n) is 18.3. The first kappa shape index (κ1) is 20.1. The van der Waals surface area contributed by atoms with E-state index >= 15 is 0 Å². The van der Waals surface area contributed by atoms with E-state index in [4.69, 9.17) is 4.98 Å². The highest BCUT2D eigenvalue weighted by Crippen LogP contribution is 2.38. The van der Waals surface area contributed by atoms with Crippen LogP contribution in [-0.2, 0) is 10.4 Å². The molecule has 1 nitrogen and oxygen atoms in total. The molecular formula is C24H29B4N. The smallest absolute Gasteiger partial charge is 0.115 e. The lowest BCUT2D eigenvalue weighted by Gasteiger charge is -2.34. The van der Waals surface area contributed by atoms with Gasteiger partial charge in [-0.2, -0.15) is 0 Å². The second-order valence-electron chi connectivity index (χ2n) is 9.93. The van der Waals surface area contributed by atoms with Crippen LogP contribution in [-0.4, -0.2) is 36.4 Å². The van der Waals surface area contributed by atoms with Crippen LogP contribution in [0.3, 0.4) is 0 Å². The normalized spacial score (nSPS) is 16.4. The van der Waals surface area contributed by atoms with E-state index in [0.29, 0.717) is 5.31 Å². The molecule has 1 saturated carbocycles. The van der Waals surface area contributed by atoms with Gasteiger partial charge in [0, 0.05) is 11.8 Å². The van der Waals surface area contributed by atoms with Crippen molar-refractivity contribution in [2.75, 3.05) is 0 Å². The minimum atomic E-state index is 0.0472. The minimum absolute atomic E-state index is 0.0472. The molecule has 0 bridgehead atoms. The molecule has 0 amide bonds. The SMILES string of the molecule is BC(B)(B)c1cnc(-c2ccccc2)cc1-c1ccc(C2(B)CCCCC2)cc1. The lowest BCUT2D eigenvalue weighted by Crippen LogP contribution is -2.29. The molecule has 1 fully saturated rings. The average molecular weight is 375 g/mol. The Hall–Kier alpha value is -2.15. The van der Waals surface area contributed by atoms with Gasteiger partial charge in [-0.25, -0.2) is 0 Å². The molecule has 142 valence electrons. The monoisotopic (exact) mass is 375 g/mol. The van der Waals surface area contributed by atoms with Gasteiger partial charge in [-0.3, -0.25) is 4.98 Å². The van der Waals surface area contributed by atoms with Crippen molar-refractivity contribution in [1.29, 1.82) is 0 Å². The minimum Gasteiger partial charge on any atom is -0.256 e. The number of nitrogens with zero attached hydrogens (tertiary/aromatic N) is 1. The third-order valence-electron chi connectivity index (χ3n) is 6.63. The number of pyridine rings is 1. The summed E-state index contributed by atoms with van der Waals surface area (Å²) in [5.41, 5.74) is 7.59. The van der Waals surface area contributed by atoms with Crippen molar-refractivity contribution in [2.45, 2.75) is 42.5 Å². The number of hydrogen-bond acceptors (Lipinski definition) is 1. The standard InChI is InChI=1S/C24H29B4N/c25-23(13-5-2-6-14-23)19-11-9-17(10-12-19)20-15-22(18-7-3-1-4-8-18)29-16-21(20)24(26,27)28/h1,3-4,7-12,15-16H,2,5-6,13-14,25-28H2. The molecule has 0 unspecified atom stereocenters. The summed E-state index contributed by atoms with van der Waals surface area (Å²) in [7, 11) is 9.26. The summed E-state index contributed by atoms with van der Waals surface area (Å²) in [4.78, 5) is 4.80. The predicted octanol–water partition coefficient (Wildman–Crippen LogP) is 2.22. The Bertz CT molecular complexity index is 972. The number of benzene rings is 2. The highest BCUT2D eigenvalue weighted by Gasteiger charge is 2.28. The molecular weight excluding hydrogens is 346 g/mol. The summed E-state index contributed by atoms with van der Waals surface area (Å²) in [6, 6.07) is 22.1. The fourth-order valence-electron chi connectivity index (χ4n) is 4.73. The van der Waals surface area contributed by atoms with Gasteiger partial charge in [0.2, 0.25) is 0 Å². The first-order chi connectivity index (χ1) is 13.9. The largest absolute Gasteiger partial charge is 0.256 e. The lowest BCUT2D eigenvalue weighted by atomic mass is 9.39. The molecule has 5 heteroatoms. The molecule has 1 aliphatic rings. The Labute approximate surface area is 179 Å². The molecule has 0 atom stereocenters. The van der Waals surface area contributed by atoms with Crippen LogP contribution in [0.25, 0.3) is 22.4 Å². The fourth-order valence-corrected chi connectivity index (χ4v) is 4.73. The molecule has 1 heterocycles. The van der Waals surface area contributed by atoms with Gasteiger partial charge in [0.1, 0.15) is 7.85 Å². The Morgan fingerprint density at radius 1 is 0.793 bits per heavy atom. The van der Waals surface area contributed by atoms with Gasteiger partial charge in [-0.05, 0) is 33.6 Å². The van der Waals surface area contributed by atoms with Gasteiger partial charge in [0.25, 0.3) is 0 Å². The summed E-state index contributed by atoms with van der Waals surface area (Å²) in [6.45, 7) is 0. The van der Waals surface area contributed by atoms with E-state index in [2.05, 4.69) is 98.2 Å². The van der Waals surface area contributed by atoms with Crippen LogP contribution in [0.15, 0.2) is 66.9 Å². The second kappa shape index (κ2) is 7.94. The zero-order valence-corrected chi connectivity index (χ0v) is 18.3. The molecule has 4 rings (SSSR count). The van der Waals surface area contributed by atoms with Crippen molar-refractivity contribution in [2.24, 2.45) is 0 Å². The van der Waals surface area contributed by atoms with Gasteiger partial charge in [-0.15, -0.1) is 0 Å². The van der Waals surface area contributed by atoms with Crippen LogP contribution < -0.4 is 0 Å². The molecule has 0 saturated heterocycles. The molecule has 2 aromatic carbocycles. The molecule has 3 aromatic rings. The Kier molecular flexibility index (Phi) is 5.51.